The lowest BCUT2D eigenvalue weighted by Gasteiger charge is -2.06. The minimum Gasteiger partial charge on any atom is -0.399 e. The van der Waals surface area contributed by atoms with E-state index in [0.717, 1.165) is 18.7 Å². The molecule has 0 aliphatic carbocycles. The zero-order chi connectivity index (χ0) is 12.1. The molecule has 17 heavy (non-hydrogen) atoms. The van der Waals surface area contributed by atoms with E-state index in [1.54, 1.807) is 0 Å². The summed E-state index contributed by atoms with van der Waals surface area (Å²) in [5, 5.41) is 3.36. The predicted molar refractivity (Wildman–Crippen MR) is 75.1 cm³/mol. The third-order valence-electron chi connectivity index (χ3n) is 2.71. The first-order valence-electron chi connectivity index (χ1n) is 5.99. The van der Waals surface area contributed by atoms with Crippen LogP contribution >= 0.6 is 0 Å². The molecule has 0 aliphatic rings. The highest BCUT2D eigenvalue weighted by Crippen LogP contribution is 2.22. The van der Waals surface area contributed by atoms with E-state index in [4.69, 9.17) is 5.73 Å². The van der Waals surface area contributed by atoms with Crippen LogP contribution in [0.4, 0.5) is 11.4 Å². The quantitative estimate of drug-likeness (QED) is 0.779. The van der Waals surface area contributed by atoms with Gasteiger partial charge in [0.25, 0.3) is 0 Å². The molecule has 2 aromatic rings. The first-order valence-corrected chi connectivity index (χ1v) is 5.99. The molecule has 0 atom stereocenters. The molecule has 2 heteroatoms. The Kier molecular flexibility index (Phi) is 3.66. The first-order chi connectivity index (χ1) is 8.29. The molecule has 0 fully saturated rings. The van der Waals surface area contributed by atoms with Crippen molar-refractivity contribution in [1.29, 1.82) is 0 Å². The molecule has 0 bridgehead atoms. The molecular weight excluding hydrogens is 208 g/mol. The van der Waals surface area contributed by atoms with Crippen molar-refractivity contribution in [2.45, 2.75) is 13.3 Å². The van der Waals surface area contributed by atoms with E-state index in [-0.39, 0.29) is 0 Å². The maximum absolute atomic E-state index is 5.67. The summed E-state index contributed by atoms with van der Waals surface area (Å²) in [7, 11) is 0. The minimum atomic E-state index is 0.801. The number of hydrogen-bond donors (Lipinski definition) is 2. The molecule has 0 unspecified atom stereocenters. The number of benzene rings is 2. The van der Waals surface area contributed by atoms with Crippen molar-refractivity contribution in [3.63, 3.8) is 0 Å². The van der Waals surface area contributed by atoms with E-state index in [2.05, 4.69) is 36.5 Å². The molecule has 0 saturated heterocycles. The van der Waals surface area contributed by atoms with Crippen LogP contribution in [0.2, 0.25) is 0 Å². The van der Waals surface area contributed by atoms with Crippen molar-refractivity contribution < 1.29 is 0 Å². The van der Waals surface area contributed by atoms with Crippen molar-refractivity contribution in [1.82, 2.24) is 0 Å². The second-order valence-corrected chi connectivity index (χ2v) is 4.13. The molecule has 0 heterocycles. The third-order valence-corrected chi connectivity index (χ3v) is 2.71. The van der Waals surface area contributed by atoms with Gasteiger partial charge in [-0.3, -0.25) is 0 Å². The summed E-state index contributed by atoms with van der Waals surface area (Å²) < 4.78 is 0. The zero-order valence-electron chi connectivity index (χ0n) is 10.1. The van der Waals surface area contributed by atoms with E-state index < -0.39 is 0 Å². The average molecular weight is 226 g/mol. The molecular formula is C15H18N2. The van der Waals surface area contributed by atoms with Gasteiger partial charge in [0.15, 0.2) is 0 Å². The van der Waals surface area contributed by atoms with Crippen LogP contribution in [0.25, 0.3) is 11.1 Å². The van der Waals surface area contributed by atoms with Crippen molar-refractivity contribution in [2.75, 3.05) is 17.6 Å². The fraction of sp³-hybridized carbons (Fsp3) is 0.200. The van der Waals surface area contributed by atoms with Gasteiger partial charge in [0.1, 0.15) is 0 Å². The lowest BCUT2D eigenvalue weighted by molar-refractivity contribution is 0.980. The fourth-order valence-electron chi connectivity index (χ4n) is 1.73. The van der Waals surface area contributed by atoms with Gasteiger partial charge >= 0.3 is 0 Å². The Hall–Kier alpha value is -1.96. The molecule has 2 aromatic carbocycles. The molecule has 2 rings (SSSR count). The Morgan fingerprint density at radius 3 is 1.94 bits per heavy atom. The SMILES string of the molecule is CCCNc1ccc(-c2ccc(N)cc2)cc1. The van der Waals surface area contributed by atoms with Crippen LogP contribution in [-0.4, -0.2) is 6.54 Å². The van der Waals surface area contributed by atoms with Gasteiger partial charge in [-0.2, -0.15) is 0 Å². The number of rotatable bonds is 4. The topological polar surface area (TPSA) is 38.0 Å². The number of anilines is 2. The Morgan fingerprint density at radius 1 is 0.882 bits per heavy atom. The van der Waals surface area contributed by atoms with Crippen molar-refractivity contribution in [2.24, 2.45) is 0 Å². The summed E-state index contributed by atoms with van der Waals surface area (Å²) >= 11 is 0. The van der Waals surface area contributed by atoms with Crippen molar-refractivity contribution in [3.05, 3.63) is 48.5 Å². The van der Waals surface area contributed by atoms with Crippen molar-refractivity contribution in [3.8, 4) is 11.1 Å². The summed E-state index contributed by atoms with van der Waals surface area (Å²) in [5.41, 5.74) is 10.1. The number of nitrogens with two attached hydrogens (primary N) is 1. The molecule has 88 valence electrons. The molecule has 2 nitrogen and oxygen atoms in total. The van der Waals surface area contributed by atoms with Crippen LogP contribution < -0.4 is 11.1 Å². The number of hydrogen-bond acceptors (Lipinski definition) is 2. The molecule has 0 saturated carbocycles. The first kappa shape index (κ1) is 11.5. The Balaban J connectivity index is 2.14. The molecule has 0 spiro atoms. The van der Waals surface area contributed by atoms with E-state index in [9.17, 15) is 0 Å². The zero-order valence-corrected chi connectivity index (χ0v) is 10.1. The number of nitrogens with one attached hydrogen (secondary N) is 1. The van der Waals surface area contributed by atoms with Gasteiger partial charge < -0.3 is 11.1 Å². The van der Waals surface area contributed by atoms with Gasteiger partial charge in [-0.1, -0.05) is 31.2 Å². The van der Waals surface area contributed by atoms with Gasteiger partial charge in [-0.25, -0.2) is 0 Å². The summed E-state index contributed by atoms with van der Waals surface area (Å²) in [6.45, 7) is 3.18. The summed E-state index contributed by atoms with van der Waals surface area (Å²) in [6, 6.07) is 16.4. The van der Waals surface area contributed by atoms with E-state index >= 15 is 0 Å². The van der Waals surface area contributed by atoms with E-state index in [1.807, 2.05) is 24.3 Å². The summed E-state index contributed by atoms with van der Waals surface area (Å²) in [5.74, 6) is 0. The Morgan fingerprint density at radius 2 is 1.41 bits per heavy atom. The Bertz CT molecular complexity index is 457. The van der Waals surface area contributed by atoms with Crippen LogP contribution in [0.5, 0.6) is 0 Å². The van der Waals surface area contributed by atoms with Gasteiger partial charge in [-0.05, 0) is 41.8 Å². The number of nitrogen functional groups attached to an aromatic ring is 1. The van der Waals surface area contributed by atoms with Crippen LogP contribution in [0.1, 0.15) is 13.3 Å². The lowest BCUT2D eigenvalue weighted by atomic mass is 10.1. The lowest BCUT2D eigenvalue weighted by Crippen LogP contribution is -1.98. The third kappa shape index (κ3) is 3.00. The van der Waals surface area contributed by atoms with Gasteiger partial charge in [-0.15, -0.1) is 0 Å². The van der Waals surface area contributed by atoms with E-state index in [1.165, 1.54) is 16.8 Å². The van der Waals surface area contributed by atoms with Crippen LogP contribution in [-0.2, 0) is 0 Å². The highest BCUT2D eigenvalue weighted by molar-refractivity contribution is 5.67. The molecule has 0 aliphatic heterocycles. The predicted octanol–water partition coefficient (Wildman–Crippen LogP) is 3.76. The largest absolute Gasteiger partial charge is 0.399 e. The summed E-state index contributed by atoms with van der Waals surface area (Å²) in [6.07, 6.45) is 1.14. The second-order valence-electron chi connectivity index (χ2n) is 4.13. The fourth-order valence-corrected chi connectivity index (χ4v) is 1.73. The molecule has 0 amide bonds. The van der Waals surface area contributed by atoms with Gasteiger partial charge in [0.05, 0.1) is 0 Å². The minimum absolute atomic E-state index is 0.801. The Labute approximate surface area is 102 Å². The van der Waals surface area contributed by atoms with Crippen LogP contribution in [0.15, 0.2) is 48.5 Å². The maximum atomic E-state index is 5.67. The van der Waals surface area contributed by atoms with E-state index in [0.29, 0.717) is 0 Å². The second kappa shape index (κ2) is 5.39. The standard InChI is InChI=1S/C15H18N2/c1-2-11-17-15-9-5-13(6-10-15)12-3-7-14(16)8-4-12/h3-10,17H,2,11,16H2,1H3. The maximum Gasteiger partial charge on any atom is 0.0340 e. The summed E-state index contributed by atoms with van der Waals surface area (Å²) in [4.78, 5) is 0. The van der Waals surface area contributed by atoms with Gasteiger partial charge in [0.2, 0.25) is 0 Å². The smallest absolute Gasteiger partial charge is 0.0340 e. The monoisotopic (exact) mass is 226 g/mol. The molecule has 0 radical (unpaired) electrons. The highest BCUT2D eigenvalue weighted by atomic mass is 14.9. The van der Waals surface area contributed by atoms with Gasteiger partial charge in [0, 0.05) is 17.9 Å². The van der Waals surface area contributed by atoms with Crippen molar-refractivity contribution >= 4 is 11.4 Å². The van der Waals surface area contributed by atoms with Crippen LogP contribution in [0, 0.1) is 0 Å². The average Bonchev–Trinajstić information content (AvgIpc) is 2.38. The highest BCUT2D eigenvalue weighted by Gasteiger charge is 1.97. The molecule has 3 N–H and O–H groups in total. The normalized spacial score (nSPS) is 10.2. The van der Waals surface area contributed by atoms with Crippen LogP contribution in [0.3, 0.4) is 0 Å². The molecule has 0 aromatic heterocycles.